The molecular formula is C23H23N5O5S. The third-order valence-corrected chi connectivity index (χ3v) is 6.27. The number of aromatic nitrogens is 2. The van der Waals surface area contributed by atoms with Gasteiger partial charge in [-0.05, 0) is 24.3 Å². The van der Waals surface area contributed by atoms with Gasteiger partial charge in [-0.2, -0.15) is 0 Å². The van der Waals surface area contributed by atoms with E-state index in [1.807, 2.05) is 54.6 Å². The van der Waals surface area contributed by atoms with Crippen LogP contribution in [0.15, 0.2) is 64.2 Å². The number of anilines is 1. The van der Waals surface area contributed by atoms with Gasteiger partial charge in [0.15, 0.2) is 11.5 Å². The topological polar surface area (TPSA) is 110 Å². The highest BCUT2D eigenvalue weighted by molar-refractivity contribution is 7.99. The normalized spacial score (nSPS) is 17.4. The van der Waals surface area contributed by atoms with Crippen LogP contribution in [0.5, 0.6) is 11.5 Å². The highest BCUT2D eigenvalue weighted by Gasteiger charge is 2.28. The molecule has 1 atom stereocenters. The number of carbonyl (C=O) groups is 2. The van der Waals surface area contributed by atoms with Gasteiger partial charge in [0.2, 0.25) is 12.0 Å². The maximum atomic E-state index is 12.6. The van der Waals surface area contributed by atoms with E-state index in [4.69, 9.17) is 13.9 Å². The van der Waals surface area contributed by atoms with E-state index in [-0.39, 0.29) is 24.3 Å². The van der Waals surface area contributed by atoms with Gasteiger partial charge in [-0.25, -0.2) is 4.79 Å². The number of benzene rings is 2. The fraction of sp³-hybridized carbons (Fsp3) is 0.304. The predicted molar refractivity (Wildman–Crippen MR) is 124 cm³/mol. The van der Waals surface area contributed by atoms with Crippen LogP contribution in [0.4, 0.5) is 10.5 Å². The van der Waals surface area contributed by atoms with E-state index in [1.54, 1.807) is 9.80 Å². The van der Waals surface area contributed by atoms with E-state index < -0.39 is 6.10 Å². The Kier molecular flexibility index (Phi) is 6.52. The molecule has 0 aliphatic carbocycles. The Bertz CT molecular complexity index is 1150. The number of fused-ring (bicyclic) bond motifs is 1. The first-order valence-corrected chi connectivity index (χ1v) is 11.9. The summed E-state index contributed by atoms with van der Waals surface area (Å²) in [5, 5.41) is 11.2. The lowest BCUT2D eigenvalue weighted by molar-refractivity contribution is -0.129. The molecule has 1 aromatic heterocycles. The van der Waals surface area contributed by atoms with Gasteiger partial charge in [0.25, 0.3) is 11.1 Å². The van der Waals surface area contributed by atoms with Gasteiger partial charge in [-0.1, -0.05) is 42.1 Å². The van der Waals surface area contributed by atoms with Crippen molar-refractivity contribution in [3.05, 3.63) is 60.5 Å². The first-order chi connectivity index (χ1) is 16.7. The Morgan fingerprint density at radius 2 is 1.65 bits per heavy atom. The molecule has 2 aliphatic heterocycles. The van der Waals surface area contributed by atoms with E-state index in [0.29, 0.717) is 48.8 Å². The number of amides is 3. The van der Waals surface area contributed by atoms with Crippen molar-refractivity contribution < 1.29 is 23.5 Å². The van der Waals surface area contributed by atoms with Crippen LogP contribution >= 0.6 is 11.8 Å². The van der Waals surface area contributed by atoms with Crippen LogP contribution in [-0.4, -0.2) is 70.5 Å². The molecule has 1 fully saturated rings. The zero-order valence-electron chi connectivity index (χ0n) is 18.3. The molecule has 10 nitrogen and oxygen atoms in total. The first-order valence-electron chi connectivity index (χ1n) is 10.9. The number of nitrogens with zero attached hydrogens (tertiary/aromatic N) is 4. The number of nitrogens with one attached hydrogen (secondary N) is 1. The quantitative estimate of drug-likeness (QED) is 0.554. The molecule has 176 valence electrons. The lowest BCUT2D eigenvalue weighted by Crippen LogP contribution is -2.52. The van der Waals surface area contributed by atoms with Crippen LogP contribution in [0.2, 0.25) is 0 Å². The maximum absolute atomic E-state index is 12.6. The summed E-state index contributed by atoms with van der Waals surface area (Å²) in [5.74, 6) is 1.73. The summed E-state index contributed by atoms with van der Waals surface area (Å²) in [6.07, 6.45) is -0.498. The third-order valence-electron chi connectivity index (χ3n) is 5.47. The number of ether oxygens (including phenoxy) is 2. The van der Waals surface area contributed by atoms with Crippen LogP contribution in [0, 0.1) is 0 Å². The Morgan fingerprint density at radius 3 is 2.44 bits per heavy atom. The third kappa shape index (κ3) is 5.09. The van der Waals surface area contributed by atoms with Crippen molar-refractivity contribution in [1.82, 2.24) is 20.0 Å². The Labute approximate surface area is 200 Å². The minimum absolute atomic E-state index is 0.0426. The van der Waals surface area contributed by atoms with E-state index in [1.165, 1.54) is 11.8 Å². The Hall–Kier alpha value is -3.73. The molecule has 11 heteroatoms. The van der Waals surface area contributed by atoms with Gasteiger partial charge < -0.3 is 29.0 Å². The summed E-state index contributed by atoms with van der Waals surface area (Å²) in [4.78, 5) is 28.5. The first kappa shape index (κ1) is 22.1. The van der Waals surface area contributed by atoms with Crippen LogP contribution in [0.1, 0.15) is 12.0 Å². The molecule has 3 amide bonds. The van der Waals surface area contributed by atoms with E-state index in [2.05, 4.69) is 15.5 Å². The van der Waals surface area contributed by atoms with Crippen molar-refractivity contribution in [1.29, 1.82) is 0 Å². The maximum Gasteiger partial charge on any atom is 0.321 e. The SMILES string of the molecule is O=C(CSc1nnc(C2COc3ccccc3O2)o1)N1CCN(C(=O)Nc2ccccc2)CC1. The molecule has 34 heavy (non-hydrogen) atoms. The van der Waals surface area contributed by atoms with Crippen LogP contribution in [0.25, 0.3) is 0 Å². The predicted octanol–water partition coefficient (Wildman–Crippen LogP) is 3.05. The lowest BCUT2D eigenvalue weighted by atomic mass is 10.2. The average molecular weight is 482 g/mol. The molecule has 3 heterocycles. The van der Waals surface area contributed by atoms with Crippen molar-refractivity contribution in [3.63, 3.8) is 0 Å². The van der Waals surface area contributed by atoms with Crippen LogP contribution in [-0.2, 0) is 4.79 Å². The number of hydrogen-bond acceptors (Lipinski definition) is 8. The molecule has 3 aromatic rings. The van der Waals surface area contributed by atoms with Gasteiger partial charge in [0.1, 0.15) is 6.61 Å². The summed E-state index contributed by atoms with van der Waals surface area (Å²) in [6, 6.07) is 16.5. The summed E-state index contributed by atoms with van der Waals surface area (Å²) < 4.78 is 17.2. The van der Waals surface area contributed by atoms with E-state index in [9.17, 15) is 9.59 Å². The van der Waals surface area contributed by atoms with Crippen molar-refractivity contribution in [2.45, 2.75) is 11.3 Å². The zero-order valence-corrected chi connectivity index (χ0v) is 19.1. The van der Waals surface area contributed by atoms with Crippen molar-refractivity contribution >= 4 is 29.4 Å². The second-order valence-corrected chi connectivity index (χ2v) is 8.65. The van der Waals surface area contributed by atoms with Gasteiger partial charge in [0, 0.05) is 31.9 Å². The monoisotopic (exact) mass is 481 g/mol. The van der Waals surface area contributed by atoms with Gasteiger partial charge in [-0.3, -0.25) is 4.79 Å². The van der Waals surface area contributed by atoms with Crippen LogP contribution in [0.3, 0.4) is 0 Å². The summed E-state index contributed by atoms with van der Waals surface area (Å²) in [6.45, 7) is 2.16. The Balaban J connectivity index is 1.07. The summed E-state index contributed by atoms with van der Waals surface area (Å²) >= 11 is 1.18. The minimum atomic E-state index is -0.498. The molecule has 2 aromatic carbocycles. The molecule has 1 N–H and O–H groups in total. The number of thioether (sulfide) groups is 1. The van der Waals surface area contributed by atoms with Gasteiger partial charge >= 0.3 is 6.03 Å². The molecule has 0 bridgehead atoms. The molecular weight excluding hydrogens is 458 g/mol. The lowest BCUT2D eigenvalue weighted by Gasteiger charge is -2.34. The fourth-order valence-electron chi connectivity index (χ4n) is 3.65. The number of carbonyl (C=O) groups excluding carboxylic acids is 2. The van der Waals surface area contributed by atoms with Crippen molar-refractivity contribution in [2.24, 2.45) is 0 Å². The standard InChI is InChI=1S/C23H23N5O5S/c29-20(27-10-12-28(13-11-27)22(30)24-16-6-2-1-3-7-16)15-34-23-26-25-21(33-23)19-14-31-17-8-4-5-9-18(17)32-19/h1-9,19H,10-15H2,(H,24,30). The molecule has 5 rings (SSSR count). The number of hydrogen-bond donors (Lipinski definition) is 1. The van der Waals surface area contributed by atoms with Crippen LogP contribution < -0.4 is 14.8 Å². The highest BCUT2D eigenvalue weighted by Crippen LogP contribution is 2.35. The second-order valence-electron chi connectivity index (χ2n) is 7.72. The van der Waals surface area contributed by atoms with Gasteiger partial charge in [-0.15, -0.1) is 10.2 Å². The molecule has 2 aliphatic rings. The number of para-hydroxylation sites is 3. The number of piperazine rings is 1. The number of rotatable bonds is 5. The molecule has 0 saturated carbocycles. The van der Waals surface area contributed by atoms with E-state index >= 15 is 0 Å². The van der Waals surface area contributed by atoms with Crippen molar-refractivity contribution in [3.8, 4) is 11.5 Å². The molecule has 0 radical (unpaired) electrons. The Morgan fingerprint density at radius 1 is 0.941 bits per heavy atom. The number of urea groups is 1. The highest BCUT2D eigenvalue weighted by atomic mass is 32.2. The molecule has 0 spiro atoms. The fourth-order valence-corrected chi connectivity index (χ4v) is 4.32. The minimum Gasteiger partial charge on any atom is -0.485 e. The average Bonchev–Trinajstić information content (AvgIpc) is 3.37. The van der Waals surface area contributed by atoms with Gasteiger partial charge in [0.05, 0.1) is 5.75 Å². The van der Waals surface area contributed by atoms with Crippen molar-refractivity contribution in [2.75, 3.05) is 43.9 Å². The second kappa shape index (κ2) is 10.0. The summed E-state index contributed by atoms with van der Waals surface area (Å²) in [5.41, 5.74) is 0.746. The summed E-state index contributed by atoms with van der Waals surface area (Å²) in [7, 11) is 0. The smallest absolute Gasteiger partial charge is 0.321 e. The molecule has 1 saturated heterocycles. The largest absolute Gasteiger partial charge is 0.485 e. The van der Waals surface area contributed by atoms with E-state index in [0.717, 1.165) is 5.69 Å². The zero-order chi connectivity index (χ0) is 23.3. The molecule has 1 unspecified atom stereocenters.